The summed E-state index contributed by atoms with van der Waals surface area (Å²) in [6.07, 6.45) is 17.5. The maximum Gasteiger partial charge on any atom is 0.158 e. The van der Waals surface area contributed by atoms with E-state index in [-0.39, 0.29) is 41.5 Å². The average Bonchev–Trinajstić information content (AvgIpc) is 2.86. The molecule has 3 unspecified atom stereocenters. The quantitative estimate of drug-likeness (QED) is 0.337. The standard InChI is InChI=1S/C30H45F3O/c1-3-5-24-11-8-21(18-28(24)31)19-34-25-14-12-23(13-15-25)27-17-16-26(29(32)30(27)33)22-9-6-20(4-2)7-10-22/h16,18,20-25,27H,3-15,17,19H2,1-2H3. The van der Waals surface area contributed by atoms with Gasteiger partial charge in [0, 0.05) is 17.8 Å². The van der Waals surface area contributed by atoms with Gasteiger partial charge < -0.3 is 4.74 Å². The van der Waals surface area contributed by atoms with E-state index in [1.807, 2.05) is 6.08 Å². The van der Waals surface area contributed by atoms with Gasteiger partial charge in [-0.25, -0.2) is 13.2 Å². The first-order chi connectivity index (χ1) is 16.5. The fourth-order valence-electron chi connectivity index (χ4n) is 7.05. The Kier molecular flexibility index (Phi) is 9.41. The minimum atomic E-state index is -0.540. The van der Waals surface area contributed by atoms with Gasteiger partial charge >= 0.3 is 0 Å². The van der Waals surface area contributed by atoms with E-state index >= 15 is 8.78 Å². The van der Waals surface area contributed by atoms with Crippen LogP contribution in [0.2, 0.25) is 0 Å². The second-order valence-electron chi connectivity index (χ2n) is 11.5. The number of hydrogen-bond acceptors (Lipinski definition) is 1. The van der Waals surface area contributed by atoms with Gasteiger partial charge in [0.15, 0.2) is 5.83 Å². The van der Waals surface area contributed by atoms with Crippen molar-refractivity contribution >= 4 is 0 Å². The van der Waals surface area contributed by atoms with Crippen molar-refractivity contribution in [2.75, 3.05) is 6.61 Å². The van der Waals surface area contributed by atoms with Crippen molar-refractivity contribution in [3.63, 3.8) is 0 Å². The lowest BCUT2D eigenvalue weighted by Gasteiger charge is -2.36. The van der Waals surface area contributed by atoms with Crippen LogP contribution < -0.4 is 0 Å². The van der Waals surface area contributed by atoms with Crippen molar-refractivity contribution in [2.24, 2.45) is 35.5 Å². The van der Waals surface area contributed by atoms with Gasteiger partial charge in [0.25, 0.3) is 0 Å². The van der Waals surface area contributed by atoms with Crippen LogP contribution in [0.25, 0.3) is 0 Å². The molecule has 4 rings (SSSR count). The Bertz CT molecular complexity index is 753. The zero-order chi connectivity index (χ0) is 24.1. The highest BCUT2D eigenvalue weighted by Crippen LogP contribution is 2.46. The molecule has 0 aromatic heterocycles. The summed E-state index contributed by atoms with van der Waals surface area (Å²) in [6, 6.07) is 0. The molecular weight excluding hydrogens is 433 g/mol. The molecule has 0 saturated heterocycles. The fraction of sp³-hybridized carbons (Fsp3) is 0.800. The van der Waals surface area contributed by atoms with Crippen LogP contribution in [0.15, 0.2) is 35.2 Å². The molecule has 2 fully saturated rings. The van der Waals surface area contributed by atoms with E-state index in [0.717, 1.165) is 83.0 Å². The van der Waals surface area contributed by atoms with Gasteiger partial charge in [-0.05, 0) is 106 Å². The molecule has 1 nitrogen and oxygen atoms in total. The Morgan fingerprint density at radius 1 is 0.882 bits per heavy atom. The van der Waals surface area contributed by atoms with E-state index < -0.39 is 11.7 Å². The first-order valence-electron chi connectivity index (χ1n) is 14.2. The fourth-order valence-corrected chi connectivity index (χ4v) is 7.05. The van der Waals surface area contributed by atoms with Gasteiger partial charge in [0.1, 0.15) is 5.83 Å². The summed E-state index contributed by atoms with van der Waals surface area (Å²) in [5.74, 6) is 0.168. The summed E-state index contributed by atoms with van der Waals surface area (Å²) < 4.78 is 50.7. The number of ether oxygens (including phenoxy) is 1. The maximum absolute atomic E-state index is 15.2. The van der Waals surface area contributed by atoms with Crippen molar-refractivity contribution in [3.05, 3.63) is 35.2 Å². The first kappa shape index (κ1) is 26.0. The molecule has 0 spiro atoms. The number of rotatable bonds is 8. The number of halogens is 3. The molecule has 0 aromatic carbocycles. The molecule has 4 aliphatic rings. The molecule has 34 heavy (non-hydrogen) atoms. The molecule has 192 valence electrons. The summed E-state index contributed by atoms with van der Waals surface area (Å²) in [4.78, 5) is 0. The van der Waals surface area contributed by atoms with Gasteiger partial charge in [-0.2, -0.15) is 0 Å². The highest BCUT2D eigenvalue weighted by Gasteiger charge is 2.37. The predicted octanol–water partition coefficient (Wildman–Crippen LogP) is 9.55. The molecule has 0 radical (unpaired) electrons. The van der Waals surface area contributed by atoms with Crippen LogP contribution in [0.3, 0.4) is 0 Å². The maximum atomic E-state index is 15.2. The van der Waals surface area contributed by atoms with Crippen molar-refractivity contribution in [2.45, 2.75) is 110 Å². The molecule has 0 amide bonds. The third-order valence-corrected chi connectivity index (χ3v) is 9.39. The Labute approximate surface area is 205 Å². The lowest BCUT2D eigenvalue weighted by atomic mass is 9.72. The monoisotopic (exact) mass is 478 g/mol. The van der Waals surface area contributed by atoms with Crippen LogP contribution in [-0.2, 0) is 4.74 Å². The summed E-state index contributed by atoms with van der Waals surface area (Å²) in [7, 11) is 0. The minimum Gasteiger partial charge on any atom is -0.378 e. The van der Waals surface area contributed by atoms with E-state index in [1.54, 1.807) is 6.08 Å². The van der Waals surface area contributed by atoms with Gasteiger partial charge in [-0.1, -0.05) is 32.8 Å². The third-order valence-electron chi connectivity index (χ3n) is 9.39. The summed E-state index contributed by atoms with van der Waals surface area (Å²) in [5.41, 5.74) is 0.661. The van der Waals surface area contributed by atoms with Gasteiger partial charge in [-0.3, -0.25) is 0 Å². The summed E-state index contributed by atoms with van der Waals surface area (Å²) in [6.45, 7) is 4.92. The van der Waals surface area contributed by atoms with Crippen LogP contribution in [0.4, 0.5) is 13.2 Å². The SMILES string of the molecule is CCCC1CCC(COC2CCC(C3CC=C(C4CCC(CC)CC4)C(F)=C3F)CC2)C=C1F. The zero-order valence-electron chi connectivity index (χ0n) is 21.3. The Morgan fingerprint density at radius 3 is 2.26 bits per heavy atom. The van der Waals surface area contributed by atoms with E-state index in [0.29, 0.717) is 18.6 Å². The predicted molar refractivity (Wildman–Crippen MR) is 133 cm³/mol. The van der Waals surface area contributed by atoms with Crippen LogP contribution >= 0.6 is 0 Å². The van der Waals surface area contributed by atoms with Crippen LogP contribution in [0.1, 0.15) is 104 Å². The lowest BCUT2D eigenvalue weighted by Crippen LogP contribution is -2.29. The van der Waals surface area contributed by atoms with E-state index in [1.165, 1.54) is 6.42 Å². The average molecular weight is 479 g/mol. The molecule has 0 aromatic rings. The lowest BCUT2D eigenvalue weighted by molar-refractivity contribution is -0.00258. The normalized spacial score (nSPS) is 37.4. The van der Waals surface area contributed by atoms with Crippen molar-refractivity contribution in [3.8, 4) is 0 Å². The minimum absolute atomic E-state index is 0.0535. The van der Waals surface area contributed by atoms with E-state index in [9.17, 15) is 4.39 Å². The second kappa shape index (κ2) is 12.3. The van der Waals surface area contributed by atoms with Crippen LogP contribution in [0.5, 0.6) is 0 Å². The summed E-state index contributed by atoms with van der Waals surface area (Å²) in [5, 5.41) is 0. The highest BCUT2D eigenvalue weighted by molar-refractivity contribution is 5.35. The van der Waals surface area contributed by atoms with Gasteiger partial charge in [0.2, 0.25) is 0 Å². The molecule has 4 heteroatoms. The van der Waals surface area contributed by atoms with Crippen molar-refractivity contribution in [1.82, 2.24) is 0 Å². The largest absolute Gasteiger partial charge is 0.378 e. The van der Waals surface area contributed by atoms with E-state index in [2.05, 4.69) is 13.8 Å². The van der Waals surface area contributed by atoms with Crippen molar-refractivity contribution in [1.29, 1.82) is 0 Å². The molecule has 0 bridgehead atoms. The Morgan fingerprint density at radius 2 is 1.62 bits per heavy atom. The Balaban J connectivity index is 1.23. The number of allylic oxidation sites excluding steroid dienone is 5. The Hall–Kier alpha value is -1.03. The van der Waals surface area contributed by atoms with E-state index in [4.69, 9.17) is 4.74 Å². The number of hydrogen-bond donors (Lipinski definition) is 0. The van der Waals surface area contributed by atoms with Gasteiger partial charge in [-0.15, -0.1) is 0 Å². The molecule has 3 atom stereocenters. The molecule has 0 aliphatic heterocycles. The summed E-state index contributed by atoms with van der Waals surface area (Å²) >= 11 is 0. The van der Waals surface area contributed by atoms with Crippen LogP contribution in [0, 0.1) is 35.5 Å². The molecule has 0 heterocycles. The zero-order valence-corrected chi connectivity index (χ0v) is 21.3. The first-order valence-corrected chi connectivity index (χ1v) is 14.2. The third kappa shape index (κ3) is 6.20. The topological polar surface area (TPSA) is 9.23 Å². The van der Waals surface area contributed by atoms with Crippen molar-refractivity contribution < 1.29 is 17.9 Å². The highest BCUT2D eigenvalue weighted by atomic mass is 19.2. The molecule has 2 saturated carbocycles. The molecular formula is C30H45F3O. The second-order valence-corrected chi connectivity index (χ2v) is 11.5. The molecule has 4 aliphatic carbocycles. The van der Waals surface area contributed by atoms with Crippen LogP contribution in [-0.4, -0.2) is 12.7 Å². The smallest absolute Gasteiger partial charge is 0.158 e. The van der Waals surface area contributed by atoms with Gasteiger partial charge in [0.05, 0.1) is 18.5 Å². The molecule has 0 N–H and O–H groups in total.